The SMILES string of the molecule is CC[C@@H](SC1=Nc2ccccc2C2=N[C@H](Cc3ccccc3)C(=O)N12)C(=O)N1CCOCC1. The second-order valence-corrected chi connectivity index (χ2v) is 9.37. The number of rotatable bonds is 5. The van der Waals surface area contributed by atoms with Gasteiger partial charge < -0.3 is 9.64 Å². The fourth-order valence-electron chi connectivity index (χ4n) is 4.27. The van der Waals surface area contributed by atoms with E-state index in [0.29, 0.717) is 50.1 Å². The summed E-state index contributed by atoms with van der Waals surface area (Å²) in [5.41, 5.74) is 2.68. The normalized spacial score (nSPS) is 20.6. The molecule has 0 unspecified atom stereocenters. The molecule has 3 heterocycles. The van der Waals surface area contributed by atoms with E-state index in [4.69, 9.17) is 14.7 Å². The molecular weight excluding hydrogens is 436 g/mol. The third kappa shape index (κ3) is 4.32. The molecule has 0 saturated carbocycles. The number of morpholine rings is 1. The molecule has 5 rings (SSSR count). The highest BCUT2D eigenvalue weighted by Crippen LogP contribution is 2.36. The molecule has 0 aliphatic carbocycles. The third-order valence-corrected chi connectivity index (χ3v) is 7.34. The van der Waals surface area contributed by atoms with Gasteiger partial charge in [0.2, 0.25) is 5.91 Å². The number of carbonyl (C=O) groups is 2. The summed E-state index contributed by atoms with van der Waals surface area (Å²) in [5.74, 6) is 0.601. The summed E-state index contributed by atoms with van der Waals surface area (Å²) in [6.07, 6.45) is 1.17. The second kappa shape index (κ2) is 9.49. The minimum absolute atomic E-state index is 0.0679. The first kappa shape index (κ1) is 21.9. The highest BCUT2D eigenvalue weighted by atomic mass is 32.2. The number of hydrogen-bond donors (Lipinski definition) is 0. The summed E-state index contributed by atoms with van der Waals surface area (Å²) < 4.78 is 5.39. The number of carbonyl (C=O) groups excluding carboxylic acids is 2. The van der Waals surface area contributed by atoms with E-state index < -0.39 is 6.04 Å². The van der Waals surface area contributed by atoms with Crippen LogP contribution < -0.4 is 0 Å². The Morgan fingerprint density at radius 2 is 1.85 bits per heavy atom. The zero-order valence-electron chi connectivity index (χ0n) is 18.5. The number of thioether (sulfide) groups is 1. The van der Waals surface area contributed by atoms with Crippen LogP contribution in [0.2, 0.25) is 0 Å². The van der Waals surface area contributed by atoms with Crippen molar-refractivity contribution in [3.05, 3.63) is 65.7 Å². The van der Waals surface area contributed by atoms with Crippen LogP contribution in [0.25, 0.3) is 0 Å². The van der Waals surface area contributed by atoms with E-state index in [-0.39, 0.29) is 17.1 Å². The number of nitrogens with zero attached hydrogens (tertiary/aromatic N) is 4. The fraction of sp³-hybridized carbons (Fsp3) is 0.360. The Kier molecular flexibility index (Phi) is 6.28. The number of benzene rings is 2. The van der Waals surface area contributed by atoms with Gasteiger partial charge >= 0.3 is 0 Å². The van der Waals surface area contributed by atoms with Crippen molar-refractivity contribution in [2.75, 3.05) is 26.3 Å². The number of fused-ring (bicyclic) bond motifs is 3. The molecule has 0 radical (unpaired) electrons. The van der Waals surface area contributed by atoms with Gasteiger partial charge in [-0.1, -0.05) is 61.2 Å². The average molecular weight is 463 g/mol. The van der Waals surface area contributed by atoms with Crippen LogP contribution in [-0.2, 0) is 20.7 Å². The predicted octanol–water partition coefficient (Wildman–Crippen LogP) is 3.26. The lowest BCUT2D eigenvalue weighted by Crippen LogP contribution is -2.46. The van der Waals surface area contributed by atoms with Crippen molar-refractivity contribution in [1.29, 1.82) is 0 Å². The van der Waals surface area contributed by atoms with Crippen LogP contribution in [0.5, 0.6) is 0 Å². The van der Waals surface area contributed by atoms with Gasteiger partial charge in [0, 0.05) is 25.1 Å². The summed E-state index contributed by atoms with van der Waals surface area (Å²) in [7, 11) is 0. The van der Waals surface area contributed by atoms with Crippen LogP contribution in [0, 0.1) is 0 Å². The van der Waals surface area contributed by atoms with Gasteiger partial charge in [0.05, 0.1) is 24.2 Å². The summed E-state index contributed by atoms with van der Waals surface area (Å²) in [6.45, 7) is 4.30. The van der Waals surface area contributed by atoms with Crippen LogP contribution in [0.15, 0.2) is 64.6 Å². The number of aliphatic imine (C=N–C) groups is 2. The molecule has 3 aliphatic rings. The second-order valence-electron chi connectivity index (χ2n) is 8.20. The smallest absolute Gasteiger partial charge is 0.259 e. The Balaban J connectivity index is 1.44. The van der Waals surface area contributed by atoms with E-state index in [1.807, 2.05) is 66.4 Å². The first-order chi connectivity index (χ1) is 16.2. The van der Waals surface area contributed by atoms with Gasteiger partial charge in [0.15, 0.2) is 5.17 Å². The number of hydrogen-bond acceptors (Lipinski definition) is 6. The Morgan fingerprint density at radius 1 is 1.12 bits per heavy atom. The Hall–Kier alpha value is -2.97. The Bertz CT molecular complexity index is 1110. The van der Waals surface area contributed by atoms with E-state index >= 15 is 0 Å². The molecule has 7 nitrogen and oxygen atoms in total. The zero-order valence-corrected chi connectivity index (χ0v) is 19.3. The first-order valence-corrected chi connectivity index (χ1v) is 12.2. The summed E-state index contributed by atoms with van der Waals surface area (Å²) in [6, 6.07) is 17.1. The minimum atomic E-state index is -0.505. The molecule has 2 amide bonds. The zero-order chi connectivity index (χ0) is 22.8. The molecule has 3 aliphatic heterocycles. The van der Waals surface area contributed by atoms with E-state index in [9.17, 15) is 9.59 Å². The van der Waals surface area contributed by atoms with Crippen molar-refractivity contribution in [3.63, 3.8) is 0 Å². The Morgan fingerprint density at radius 3 is 2.61 bits per heavy atom. The van der Waals surface area contributed by atoms with Crippen molar-refractivity contribution in [2.24, 2.45) is 9.98 Å². The van der Waals surface area contributed by atoms with Crippen LogP contribution in [-0.4, -0.2) is 70.2 Å². The van der Waals surface area contributed by atoms with Gasteiger partial charge in [-0.3, -0.25) is 14.6 Å². The molecular formula is C25H26N4O3S. The standard InChI is InChI=1S/C25H26N4O3S/c1-2-21(24(31)28-12-14-32-15-13-28)33-25-27-19-11-7-6-10-18(19)22-26-20(23(30)29(22)25)16-17-8-4-3-5-9-17/h3-11,20-21H,2,12-16H2,1H3/t20-,21-/m1/s1. The molecule has 0 bridgehead atoms. The molecule has 33 heavy (non-hydrogen) atoms. The molecule has 1 saturated heterocycles. The largest absolute Gasteiger partial charge is 0.378 e. The van der Waals surface area contributed by atoms with Gasteiger partial charge in [0.25, 0.3) is 5.91 Å². The molecule has 2 atom stereocenters. The lowest BCUT2D eigenvalue weighted by atomic mass is 10.1. The van der Waals surface area contributed by atoms with Gasteiger partial charge in [-0.2, -0.15) is 0 Å². The monoisotopic (exact) mass is 462 g/mol. The number of amides is 2. The van der Waals surface area contributed by atoms with Crippen LogP contribution in [0.3, 0.4) is 0 Å². The summed E-state index contributed by atoms with van der Waals surface area (Å²) >= 11 is 1.36. The molecule has 0 spiro atoms. The maximum Gasteiger partial charge on any atom is 0.259 e. The van der Waals surface area contributed by atoms with Crippen LogP contribution in [0.1, 0.15) is 24.5 Å². The Labute approximate surface area is 197 Å². The predicted molar refractivity (Wildman–Crippen MR) is 130 cm³/mol. The summed E-state index contributed by atoms with van der Waals surface area (Å²) in [4.78, 5) is 39.8. The maximum absolute atomic E-state index is 13.5. The lowest BCUT2D eigenvalue weighted by molar-refractivity contribution is -0.134. The van der Waals surface area contributed by atoms with E-state index in [0.717, 1.165) is 16.8 Å². The quantitative estimate of drug-likeness (QED) is 0.684. The van der Waals surface area contributed by atoms with Crippen molar-refractivity contribution >= 4 is 40.3 Å². The van der Waals surface area contributed by atoms with Crippen molar-refractivity contribution in [1.82, 2.24) is 9.80 Å². The highest BCUT2D eigenvalue weighted by molar-refractivity contribution is 8.15. The minimum Gasteiger partial charge on any atom is -0.378 e. The van der Waals surface area contributed by atoms with E-state index in [1.165, 1.54) is 11.8 Å². The molecule has 2 aromatic rings. The summed E-state index contributed by atoms with van der Waals surface area (Å²) in [5, 5.41) is 0.204. The van der Waals surface area contributed by atoms with Gasteiger partial charge in [-0.05, 0) is 24.1 Å². The average Bonchev–Trinajstić information content (AvgIpc) is 3.19. The van der Waals surface area contributed by atoms with Crippen molar-refractivity contribution in [2.45, 2.75) is 31.1 Å². The molecule has 2 aromatic carbocycles. The number of amidine groups is 2. The van der Waals surface area contributed by atoms with Gasteiger partial charge in [0.1, 0.15) is 11.9 Å². The first-order valence-electron chi connectivity index (χ1n) is 11.3. The van der Waals surface area contributed by atoms with Crippen molar-refractivity contribution in [3.8, 4) is 0 Å². The number of para-hydroxylation sites is 1. The highest BCUT2D eigenvalue weighted by Gasteiger charge is 2.42. The molecule has 170 valence electrons. The maximum atomic E-state index is 13.5. The number of ether oxygens (including phenoxy) is 1. The van der Waals surface area contributed by atoms with E-state index in [1.54, 1.807) is 4.90 Å². The molecule has 8 heteroatoms. The topological polar surface area (TPSA) is 74.6 Å². The van der Waals surface area contributed by atoms with E-state index in [2.05, 4.69) is 0 Å². The third-order valence-electron chi connectivity index (χ3n) is 6.04. The molecule has 0 aromatic heterocycles. The molecule has 0 N–H and O–H groups in total. The fourth-order valence-corrected chi connectivity index (χ4v) is 5.38. The van der Waals surface area contributed by atoms with Crippen molar-refractivity contribution < 1.29 is 14.3 Å². The van der Waals surface area contributed by atoms with Crippen LogP contribution in [0.4, 0.5) is 5.69 Å². The van der Waals surface area contributed by atoms with Gasteiger partial charge in [-0.25, -0.2) is 9.89 Å². The van der Waals surface area contributed by atoms with Gasteiger partial charge in [-0.15, -0.1) is 0 Å². The van der Waals surface area contributed by atoms with Crippen LogP contribution >= 0.6 is 11.8 Å². The lowest BCUT2D eigenvalue weighted by Gasteiger charge is -2.31. The molecule has 1 fully saturated rings.